The van der Waals surface area contributed by atoms with Crippen LogP contribution < -0.4 is 0 Å². The molecule has 59 heavy (non-hydrogen) atoms. The minimum Gasteiger partial charge on any atom is -0.456 e. The summed E-state index contributed by atoms with van der Waals surface area (Å²) in [6, 6.07) is 66.5. The molecule has 2 heteroatoms. The normalized spacial score (nSPS) is 13.4. The highest BCUT2D eigenvalue weighted by atomic mass is 16.3. The molecule has 0 saturated carbocycles. The largest absolute Gasteiger partial charge is 0.456 e. The van der Waals surface area contributed by atoms with E-state index in [-0.39, 0.29) is 5.41 Å². The predicted octanol–water partition coefficient (Wildman–Crippen LogP) is 16.3. The number of hydrogen-bond donors (Lipinski definition) is 0. The van der Waals surface area contributed by atoms with E-state index in [1.165, 1.54) is 82.6 Å². The summed E-state index contributed by atoms with van der Waals surface area (Å²) in [6.07, 6.45) is 0. The van der Waals surface area contributed by atoms with Gasteiger partial charge in [0.15, 0.2) is 0 Å². The Morgan fingerprint density at radius 1 is 0.339 bits per heavy atom. The maximum absolute atomic E-state index is 6.83. The van der Waals surface area contributed by atoms with Crippen molar-refractivity contribution in [2.24, 2.45) is 0 Å². The van der Waals surface area contributed by atoms with Gasteiger partial charge in [-0.25, -0.2) is 0 Å². The van der Waals surface area contributed by atoms with Crippen LogP contribution in [0.3, 0.4) is 0 Å². The van der Waals surface area contributed by atoms with Gasteiger partial charge in [-0.2, -0.15) is 0 Å². The van der Waals surface area contributed by atoms with E-state index in [1.54, 1.807) is 0 Å². The van der Waals surface area contributed by atoms with Crippen LogP contribution in [-0.4, -0.2) is 0 Å². The molecule has 2 heterocycles. The second-order valence-corrected chi connectivity index (χ2v) is 16.7. The molecule has 0 radical (unpaired) electrons. The van der Waals surface area contributed by atoms with Gasteiger partial charge in [-0.1, -0.05) is 172 Å². The molecular weight excluding hydrogens is 717 g/mol. The van der Waals surface area contributed by atoms with Crippen molar-refractivity contribution in [3.8, 4) is 44.5 Å². The van der Waals surface area contributed by atoms with Gasteiger partial charge in [-0.3, -0.25) is 0 Å². The Kier molecular flexibility index (Phi) is 6.54. The first-order valence-electron chi connectivity index (χ1n) is 20.5. The quantitative estimate of drug-likeness (QED) is 0.168. The van der Waals surface area contributed by atoms with Crippen molar-refractivity contribution in [2.75, 3.05) is 0 Å². The molecule has 0 bridgehead atoms. The second kappa shape index (κ2) is 11.8. The molecule has 1 aliphatic rings. The van der Waals surface area contributed by atoms with Gasteiger partial charge in [-0.05, 0) is 107 Å². The minimum atomic E-state index is -0.130. The highest BCUT2D eigenvalue weighted by Gasteiger charge is 2.38. The fraction of sp³-hybridized carbons (Fsp3) is 0.0526. The number of fused-ring (bicyclic) bond motifs is 14. The fourth-order valence-corrected chi connectivity index (χ4v) is 10.7. The molecule has 0 fully saturated rings. The van der Waals surface area contributed by atoms with E-state index in [0.717, 1.165) is 49.3 Å². The van der Waals surface area contributed by atoms with Crippen LogP contribution in [0.25, 0.3) is 121 Å². The van der Waals surface area contributed by atoms with E-state index in [1.807, 2.05) is 12.1 Å². The summed E-state index contributed by atoms with van der Waals surface area (Å²) in [6.45, 7) is 4.77. The Balaban J connectivity index is 1.01. The molecule has 0 N–H and O–H groups in total. The van der Waals surface area contributed by atoms with Crippen molar-refractivity contribution in [2.45, 2.75) is 19.3 Å². The molecular formula is C57H36O2. The topological polar surface area (TPSA) is 26.3 Å². The van der Waals surface area contributed by atoms with Gasteiger partial charge in [0.1, 0.15) is 22.3 Å². The van der Waals surface area contributed by atoms with Crippen LogP contribution in [0.1, 0.15) is 25.0 Å². The van der Waals surface area contributed by atoms with Crippen LogP contribution in [-0.2, 0) is 5.41 Å². The molecule has 10 aromatic carbocycles. The molecule has 276 valence electrons. The van der Waals surface area contributed by atoms with Crippen LogP contribution in [0.15, 0.2) is 191 Å². The summed E-state index contributed by atoms with van der Waals surface area (Å²) in [5.74, 6) is 0. The lowest BCUT2D eigenvalue weighted by Crippen LogP contribution is -2.16. The third-order valence-corrected chi connectivity index (χ3v) is 13.3. The Morgan fingerprint density at radius 2 is 0.898 bits per heavy atom. The number of benzene rings is 10. The summed E-state index contributed by atoms with van der Waals surface area (Å²) >= 11 is 0. The van der Waals surface area contributed by atoms with Crippen LogP contribution in [0.5, 0.6) is 0 Å². The zero-order chi connectivity index (χ0) is 39.0. The Hall–Kier alpha value is -7.42. The zero-order valence-electron chi connectivity index (χ0n) is 32.6. The summed E-state index contributed by atoms with van der Waals surface area (Å²) < 4.78 is 13.1. The van der Waals surface area contributed by atoms with Crippen molar-refractivity contribution in [1.82, 2.24) is 0 Å². The maximum atomic E-state index is 6.83. The summed E-state index contributed by atoms with van der Waals surface area (Å²) in [4.78, 5) is 0. The predicted molar refractivity (Wildman–Crippen MR) is 247 cm³/mol. The molecule has 0 aliphatic heterocycles. The van der Waals surface area contributed by atoms with Gasteiger partial charge in [0.05, 0.1) is 5.39 Å². The van der Waals surface area contributed by atoms with Crippen LogP contribution in [0.2, 0.25) is 0 Å². The Labute approximate surface area is 340 Å². The summed E-state index contributed by atoms with van der Waals surface area (Å²) in [7, 11) is 0. The number of rotatable bonds is 3. The maximum Gasteiger partial charge on any atom is 0.147 e. The molecule has 0 atom stereocenters. The molecule has 0 spiro atoms. The fourth-order valence-electron chi connectivity index (χ4n) is 10.7. The van der Waals surface area contributed by atoms with E-state index in [2.05, 4.69) is 184 Å². The van der Waals surface area contributed by atoms with E-state index >= 15 is 0 Å². The standard InChI is InChI=1S/C57H36O2/c1-57(2)48-24-11-9-15-36(48)41-22-13-23-45(54(41)57)52-39-18-6-4-16-37(39)51(38-17-5-7-19-40(38)52)34-28-26-33(27-29-34)46-32-47-43-30-31-50-53(44-21-10-12-25-49(44)58-50)56(43)59-55(47)42-20-8-3-14-35(42)46/h3-32H,1-2H3. The van der Waals surface area contributed by atoms with Gasteiger partial charge in [0.2, 0.25) is 0 Å². The first kappa shape index (κ1) is 32.6. The Bertz CT molecular complexity index is 3690. The van der Waals surface area contributed by atoms with Crippen LogP contribution >= 0.6 is 0 Å². The molecule has 0 unspecified atom stereocenters. The smallest absolute Gasteiger partial charge is 0.147 e. The highest BCUT2D eigenvalue weighted by Crippen LogP contribution is 2.54. The van der Waals surface area contributed by atoms with E-state index in [9.17, 15) is 0 Å². The monoisotopic (exact) mass is 752 g/mol. The highest BCUT2D eigenvalue weighted by molar-refractivity contribution is 6.26. The lowest BCUT2D eigenvalue weighted by atomic mass is 9.77. The molecule has 2 nitrogen and oxygen atoms in total. The number of furan rings is 2. The molecule has 12 aromatic rings. The lowest BCUT2D eigenvalue weighted by Gasteiger charge is -2.26. The van der Waals surface area contributed by atoms with E-state index in [4.69, 9.17) is 8.83 Å². The average Bonchev–Trinajstić information content (AvgIpc) is 3.93. The third-order valence-electron chi connectivity index (χ3n) is 13.3. The number of para-hydroxylation sites is 1. The van der Waals surface area contributed by atoms with Crippen molar-refractivity contribution in [3.63, 3.8) is 0 Å². The first-order chi connectivity index (χ1) is 29.0. The summed E-state index contributed by atoms with van der Waals surface area (Å²) in [5.41, 5.74) is 16.3. The second-order valence-electron chi connectivity index (χ2n) is 16.7. The number of hydrogen-bond acceptors (Lipinski definition) is 2. The van der Waals surface area contributed by atoms with Gasteiger partial charge < -0.3 is 8.83 Å². The molecule has 13 rings (SSSR count). The van der Waals surface area contributed by atoms with Gasteiger partial charge >= 0.3 is 0 Å². The van der Waals surface area contributed by atoms with Gasteiger partial charge in [0.25, 0.3) is 0 Å². The van der Waals surface area contributed by atoms with Crippen molar-refractivity contribution in [1.29, 1.82) is 0 Å². The van der Waals surface area contributed by atoms with Crippen LogP contribution in [0, 0.1) is 0 Å². The van der Waals surface area contributed by atoms with Crippen molar-refractivity contribution >= 4 is 76.2 Å². The van der Waals surface area contributed by atoms with E-state index < -0.39 is 0 Å². The molecule has 0 saturated heterocycles. The van der Waals surface area contributed by atoms with Crippen LogP contribution in [0.4, 0.5) is 0 Å². The Morgan fingerprint density at radius 3 is 1.64 bits per heavy atom. The minimum absolute atomic E-state index is 0.130. The zero-order valence-corrected chi connectivity index (χ0v) is 32.6. The molecule has 0 amide bonds. The van der Waals surface area contributed by atoms with Crippen molar-refractivity contribution < 1.29 is 8.83 Å². The van der Waals surface area contributed by atoms with Gasteiger partial charge in [-0.15, -0.1) is 0 Å². The molecule has 2 aromatic heterocycles. The summed E-state index contributed by atoms with van der Waals surface area (Å²) in [5, 5.41) is 11.6. The first-order valence-corrected chi connectivity index (χ1v) is 20.5. The SMILES string of the molecule is CC1(C)c2ccccc2-c2cccc(-c3c4ccccc4c(-c4ccc(-c5cc6c7ccc8oc9ccccc9c8c7oc6c6ccccc56)cc4)c4ccccc34)c21. The third kappa shape index (κ3) is 4.41. The van der Waals surface area contributed by atoms with Gasteiger partial charge in [0, 0.05) is 27.0 Å². The average molecular weight is 753 g/mol. The van der Waals surface area contributed by atoms with E-state index in [0.29, 0.717) is 0 Å². The molecule has 1 aliphatic carbocycles. The van der Waals surface area contributed by atoms with Crippen molar-refractivity contribution in [3.05, 3.63) is 193 Å². The lowest BCUT2D eigenvalue weighted by molar-refractivity contribution is 0.662.